The van der Waals surface area contributed by atoms with Crippen molar-refractivity contribution in [3.63, 3.8) is 0 Å². The summed E-state index contributed by atoms with van der Waals surface area (Å²) in [6.45, 7) is 2.45. The molecule has 0 aliphatic rings. The van der Waals surface area contributed by atoms with Crippen LogP contribution in [0.4, 0.5) is 0 Å². The third-order valence-electron chi connectivity index (χ3n) is 4.05. The summed E-state index contributed by atoms with van der Waals surface area (Å²) in [5.41, 5.74) is 4.56. The van der Waals surface area contributed by atoms with Crippen molar-refractivity contribution in [2.45, 2.75) is 13.5 Å². The number of carbonyl (C=O) groups is 1. The molecule has 3 nitrogen and oxygen atoms in total. The number of aldehydes is 1. The summed E-state index contributed by atoms with van der Waals surface area (Å²) in [5.74, 6) is 1.41. The van der Waals surface area contributed by atoms with Crippen molar-refractivity contribution in [2.75, 3.05) is 7.11 Å². The topological polar surface area (TPSA) is 35.5 Å². The highest BCUT2D eigenvalue weighted by Gasteiger charge is 2.10. The third-order valence-corrected chi connectivity index (χ3v) is 4.05. The highest BCUT2D eigenvalue weighted by Crippen LogP contribution is 2.31. The van der Waals surface area contributed by atoms with Gasteiger partial charge in [-0.25, -0.2) is 0 Å². The summed E-state index contributed by atoms with van der Waals surface area (Å²) in [6, 6.07) is 21.8. The summed E-state index contributed by atoms with van der Waals surface area (Å²) in [4.78, 5) is 11.3. The maximum absolute atomic E-state index is 11.3. The van der Waals surface area contributed by atoms with Crippen molar-refractivity contribution in [1.82, 2.24) is 0 Å². The predicted molar refractivity (Wildman–Crippen MR) is 99.3 cm³/mol. The lowest BCUT2D eigenvalue weighted by Gasteiger charge is -2.12. The van der Waals surface area contributed by atoms with Crippen LogP contribution in [0.2, 0.25) is 0 Å². The van der Waals surface area contributed by atoms with E-state index in [0.717, 1.165) is 34.3 Å². The average molecular weight is 332 g/mol. The van der Waals surface area contributed by atoms with Crippen molar-refractivity contribution < 1.29 is 14.3 Å². The van der Waals surface area contributed by atoms with E-state index in [2.05, 4.69) is 0 Å². The standard InChI is InChI=1S/C22H20O3/c1-16-11-19(12-20(14-23)22(16)24-2)18-9-6-10-21(13-18)25-15-17-7-4-3-5-8-17/h3-14H,15H2,1-2H3. The number of hydrogen-bond acceptors (Lipinski definition) is 3. The van der Waals surface area contributed by atoms with E-state index < -0.39 is 0 Å². The molecule has 3 rings (SSSR count). The zero-order valence-electron chi connectivity index (χ0n) is 14.4. The Morgan fingerprint density at radius 2 is 1.72 bits per heavy atom. The van der Waals surface area contributed by atoms with Crippen LogP contribution in [-0.4, -0.2) is 13.4 Å². The highest BCUT2D eigenvalue weighted by molar-refractivity contribution is 5.84. The molecule has 25 heavy (non-hydrogen) atoms. The maximum Gasteiger partial charge on any atom is 0.153 e. The van der Waals surface area contributed by atoms with Crippen molar-refractivity contribution >= 4 is 6.29 Å². The molecule has 3 heteroatoms. The Balaban J connectivity index is 1.86. The molecule has 0 atom stereocenters. The van der Waals surface area contributed by atoms with Gasteiger partial charge in [-0.2, -0.15) is 0 Å². The number of rotatable bonds is 6. The van der Waals surface area contributed by atoms with Gasteiger partial charge in [0.25, 0.3) is 0 Å². The van der Waals surface area contributed by atoms with E-state index in [1.54, 1.807) is 7.11 Å². The maximum atomic E-state index is 11.3. The van der Waals surface area contributed by atoms with Crippen molar-refractivity contribution in [3.05, 3.63) is 83.4 Å². The van der Waals surface area contributed by atoms with Gasteiger partial charge in [0.1, 0.15) is 18.1 Å². The van der Waals surface area contributed by atoms with Crippen LogP contribution < -0.4 is 9.47 Å². The van der Waals surface area contributed by atoms with Gasteiger partial charge in [-0.3, -0.25) is 4.79 Å². The number of benzene rings is 3. The number of ether oxygens (including phenoxy) is 2. The smallest absolute Gasteiger partial charge is 0.153 e. The number of methoxy groups -OCH3 is 1. The van der Waals surface area contributed by atoms with E-state index in [9.17, 15) is 4.79 Å². The molecule has 0 heterocycles. The zero-order chi connectivity index (χ0) is 17.6. The highest BCUT2D eigenvalue weighted by atomic mass is 16.5. The van der Waals surface area contributed by atoms with Gasteiger partial charge < -0.3 is 9.47 Å². The Labute approximate surface area is 147 Å². The van der Waals surface area contributed by atoms with Gasteiger partial charge in [0.15, 0.2) is 6.29 Å². The molecule has 0 aliphatic carbocycles. The normalized spacial score (nSPS) is 10.3. The Morgan fingerprint density at radius 3 is 2.44 bits per heavy atom. The van der Waals surface area contributed by atoms with Gasteiger partial charge in [-0.1, -0.05) is 42.5 Å². The second-order valence-electron chi connectivity index (χ2n) is 5.84. The summed E-state index contributed by atoms with van der Waals surface area (Å²) in [5, 5.41) is 0. The molecule has 0 aliphatic heterocycles. The van der Waals surface area contributed by atoms with Crippen LogP contribution in [0.25, 0.3) is 11.1 Å². The molecule has 0 bridgehead atoms. The molecular formula is C22H20O3. The zero-order valence-corrected chi connectivity index (χ0v) is 14.4. The summed E-state index contributed by atoms with van der Waals surface area (Å²) in [7, 11) is 1.58. The monoisotopic (exact) mass is 332 g/mol. The van der Waals surface area contributed by atoms with Crippen molar-refractivity contribution in [2.24, 2.45) is 0 Å². The fraction of sp³-hybridized carbons (Fsp3) is 0.136. The van der Waals surface area contributed by atoms with Crippen molar-refractivity contribution in [3.8, 4) is 22.6 Å². The van der Waals surface area contributed by atoms with Crippen LogP contribution in [0.1, 0.15) is 21.5 Å². The molecule has 3 aromatic rings. The van der Waals surface area contributed by atoms with E-state index in [0.29, 0.717) is 17.9 Å². The SMILES string of the molecule is COc1c(C)cc(-c2cccc(OCc3ccccc3)c2)cc1C=O. The lowest BCUT2D eigenvalue weighted by Crippen LogP contribution is -1.96. The van der Waals surface area contributed by atoms with Crippen LogP contribution in [0.3, 0.4) is 0 Å². The number of hydrogen-bond donors (Lipinski definition) is 0. The second-order valence-corrected chi connectivity index (χ2v) is 5.84. The van der Waals surface area contributed by atoms with Gasteiger partial charge in [-0.05, 0) is 53.4 Å². The lowest BCUT2D eigenvalue weighted by molar-refractivity contribution is 0.112. The fourth-order valence-electron chi connectivity index (χ4n) is 2.84. The van der Waals surface area contributed by atoms with Gasteiger partial charge >= 0.3 is 0 Å². The number of carbonyl (C=O) groups excluding carboxylic acids is 1. The van der Waals surface area contributed by atoms with Crippen molar-refractivity contribution in [1.29, 1.82) is 0 Å². The molecule has 0 amide bonds. The molecule has 0 radical (unpaired) electrons. The summed E-state index contributed by atoms with van der Waals surface area (Å²) >= 11 is 0. The van der Waals surface area contributed by atoms with Gasteiger partial charge in [0.2, 0.25) is 0 Å². The van der Waals surface area contributed by atoms with Crippen LogP contribution in [-0.2, 0) is 6.61 Å². The minimum atomic E-state index is 0.519. The first-order valence-corrected chi connectivity index (χ1v) is 8.12. The molecular weight excluding hydrogens is 312 g/mol. The molecule has 0 saturated carbocycles. The van der Waals surface area contributed by atoms with Crippen LogP contribution in [0, 0.1) is 6.92 Å². The van der Waals surface area contributed by atoms with Crippen LogP contribution in [0.5, 0.6) is 11.5 Å². The molecule has 0 unspecified atom stereocenters. The minimum Gasteiger partial charge on any atom is -0.496 e. The largest absolute Gasteiger partial charge is 0.496 e. The lowest BCUT2D eigenvalue weighted by atomic mass is 9.99. The Hall–Kier alpha value is -3.07. The molecule has 3 aromatic carbocycles. The van der Waals surface area contributed by atoms with Gasteiger partial charge in [0.05, 0.1) is 12.7 Å². The predicted octanol–water partition coefficient (Wildman–Crippen LogP) is 5.06. The Morgan fingerprint density at radius 1 is 0.920 bits per heavy atom. The molecule has 0 aromatic heterocycles. The Bertz CT molecular complexity index is 870. The first-order chi connectivity index (χ1) is 12.2. The molecule has 126 valence electrons. The first kappa shape index (κ1) is 16.8. The summed E-state index contributed by atoms with van der Waals surface area (Å²) in [6.07, 6.45) is 0.824. The fourth-order valence-corrected chi connectivity index (χ4v) is 2.84. The van der Waals surface area contributed by atoms with E-state index in [-0.39, 0.29) is 0 Å². The summed E-state index contributed by atoms with van der Waals surface area (Å²) < 4.78 is 11.2. The first-order valence-electron chi connectivity index (χ1n) is 8.12. The Kier molecular flexibility index (Phi) is 5.14. The van der Waals surface area contributed by atoms with Crippen LogP contribution in [0.15, 0.2) is 66.7 Å². The van der Waals surface area contributed by atoms with E-state index in [1.165, 1.54) is 0 Å². The van der Waals surface area contributed by atoms with Gasteiger partial charge in [0, 0.05) is 0 Å². The quantitative estimate of drug-likeness (QED) is 0.592. The number of aryl methyl sites for hydroxylation is 1. The molecule has 0 spiro atoms. The van der Waals surface area contributed by atoms with E-state index in [1.807, 2.05) is 73.7 Å². The second kappa shape index (κ2) is 7.67. The average Bonchev–Trinajstić information content (AvgIpc) is 2.66. The minimum absolute atomic E-state index is 0.519. The molecule has 0 N–H and O–H groups in total. The third kappa shape index (κ3) is 3.89. The van der Waals surface area contributed by atoms with E-state index in [4.69, 9.17) is 9.47 Å². The van der Waals surface area contributed by atoms with E-state index >= 15 is 0 Å². The van der Waals surface area contributed by atoms with Crippen LogP contribution >= 0.6 is 0 Å². The van der Waals surface area contributed by atoms with Gasteiger partial charge in [-0.15, -0.1) is 0 Å². The molecule has 0 fully saturated rings. The molecule has 0 saturated heterocycles.